The van der Waals surface area contributed by atoms with Crippen molar-refractivity contribution in [2.45, 2.75) is 26.8 Å². The summed E-state index contributed by atoms with van der Waals surface area (Å²) in [6.45, 7) is 4.28. The number of aryl methyl sites for hydroxylation is 1. The molecule has 0 saturated heterocycles. The van der Waals surface area contributed by atoms with Gasteiger partial charge in [0, 0.05) is 0 Å². The Morgan fingerprint density at radius 1 is 1.07 bits per heavy atom. The number of amides is 1. The highest BCUT2D eigenvalue weighted by atomic mass is 19.1. The first-order chi connectivity index (χ1) is 13.0. The van der Waals surface area contributed by atoms with E-state index in [0.29, 0.717) is 6.54 Å². The summed E-state index contributed by atoms with van der Waals surface area (Å²) in [5.74, 6) is 0.388. The summed E-state index contributed by atoms with van der Waals surface area (Å²) in [6, 6.07) is 13.7. The molecule has 0 bridgehead atoms. The maximum Gasteiger partial charge on any atom is 0.228 e. The number of rotatable bonds is 6. The molecule has 0 saturated carbocycles. The molecule has 0 fully saturated rings. The highest BCUT2D eigenvalue weighted by molar-refractivity contribution is 5.93. The number of benzene rings is 2. The number of nitrogens with zero attached hydrogens (tertiary/aromatic N) is 2. The molecule has 0 aliphatic heterocycles. The molecule has 1 amide bonds. The lowest BCUT2D eigenvalue weighted by Crippen LogP contribution is -2.15. The Morgan fingerprint density at radius 3 is 2.33 bits per heavy atom. The molecule has 6 heteroatoms. The van der Waals surface area contributed by atoms with E-state index < -0.39 is 0 Å². The fraction of sp³-hybridized carbons (Fsp3) is 0.238. The summed E-state index contributed by atoms with van der Waals surface area (Å²) in [5.41, 5.74) is 4.17. The molecular formula is C21H22FN3O2. The van der Waals surface area contributed by atoms with Crippen molar-refractivity contribution >= 4 is 11.6 Å². The Labute approximate surface area is 157 Å². The summed E-state index contributed by atoms with van der Waals surface area (Å²) in [6.07, 6.45) is 0.270. The number of ether oxygens (including phenoxy) is 1. The van der Waals surface area contributed by atoms with Gasteiger partial charge in [-0.05, 0) is 49.2 Å². The molecule has 140 valence electrons. The molecule has 0 spiro atoms. The molecule has 0 unspecified atom stereocenters. The minimum Gasteiger partial charge on any atom is -0.497 e. The zero-order chi connectivity index (χ0) is 19.4. The lowest BCUT2D eigenvalue weighted by Gasteiger charge is -2.08. The SMILES string of the molecule is COc1ccc(CC(=O)Nc2c(C)nn(Cc3ccc(F)cc3)c2C)cc1. The van der Waals surface area contributed by atoms with Gasteiger partial charge in [0.2, 0.25) is 5.91 Å². The third-order valence-corrected chi connectivity index (χ3v) is 4.42. The predicted molar refractivity (Wildman–Crippen MR) is 103 cm³/mol. The molecule has 0 radical (unpaired) electrons. The molecule has 27 heavy (non-hydrogen) atoms. The Hall–Kier alpha value is -3.15. The van der Waals surface area contributed by atoms with Crippen LogP contribution in [0, 0.1) is 19.7 Å². The van der Waals surface area contributed by atoms with Gasteiger partial charge < -0.3 is 10.1 Å². The molecule has 0 aliphatic rings. The standard InChI is InChI=1S/C21H22FN3O2/c1-14-21(23-20(26)12-16-6-10-19(27-3)11-7-16)15(2)25(24-14)13-17-4-8-18(22)9-5-17/h4-11H,12-13H2,1-3H3,(H,23,26). The molecule has 0 atom stereocenters. The van der Waals surface area contributed by atoms with Crippen LogP contribution in [0.2, 0.25) is 0 Å². The average Bonchev–Trinajstić information content (AvgIpc) is 2.91. The Bertz CT molecular complexity index is 931. The Kier molecular flexibility index (Phi) is 5.54. The number of carbonyl (C=O) groups is 1. The van der Waals surface area contributed by atoms with Gasteiger partial charge >= 0.3 is 0 Å². The second-order valence-corrected chi connectivity index (χ2v) is 6.40. The highest BCUT2D eigenvalue weighted by Gasteiger charge is 2.15. The van der Waals surface area contributed by atoms with Crippen LogP contribution < -0.4 is 10.1 Å². The first-order valence-electron chi connectivity index (χ1n) is 8.67. The highest BCUT2D eigenvalue weighted by Crippen LogP contribution is 2.21. The molecule has 5 nitrogen and oxygen atoms in total. The van der Waals surface area contributed by atoms with Gasteiger partial charge in [-0.25, -0.2) is 4.39 Å². The maximum atomic E-state index is 13.1. The van der Waals surface area contributed by atoms with Crippen LogP contribution in [-0.2, 0) is 17.8 Å². The van der Waals surface area contributed by atoms with Gasteiger partial charge in [-0.3, -0.25) is 9.48 Å². The maximum absolute atomic E-state index is 13.1. The lowest BCUT2D eigenvalue weighted by molar-refractivity contribution is -0.115. The Balaban J connectivity index is 1.69. The summed E-state index contributed by atoms with van der Waals surface area (Å²) in [4.78, 5) is 12.4. The topological polar surface area (TPSA) is 56.1 Å². The zero-order valence-electron chi connectivity index (χ0n) is 15.6. The zero-order valence-corrected chi connectivity index (χ0v) is 15.6. The van der Waals surface area contributed by atoms with E-state index >= 15 is 0 Å². The van der Waals surface area contributed by atoms with Gasteiger partial charge in [-0.15, -0.1) is 0 Å². The van der Waals surface area contributed by atoms with E-state index in [1.165, 1.54) is 12.1 Å². The van der Waals surface area contributed by atoms with Crippen molar-refractivity contribution in [3.8, 4) is 5.75 Å². The van der Waals surface area contributed by atoms with Gasteiger partial charge in [0.1, 0.15) is 11.6 Å². The minimum absolute atomic E-state index is 0.104. The van der Waals surface area contributed by atoms with Crippen molar-refractivity contribution in [1.82, 2.24) is 9.78 Å². The molecule has 3 aromatic rings. The van der Waals surface area contributed by atoms with Crippen LogP contribution in [0.3, 0.4) is 0 Å². The summed E-state index contributed by atoms with van der Waals surface area (Å²) >= 11 is 0. The minimum atomic E-state index is -0.265. The first kappa shape index (κ1) is 18.6. The third kappa shape index (κ3) is 4.53. The number of nitrogens with one attached hydrogen (secondary N) is 1. The fourth-order valence-electron chi connectivity index (χ4n) is 2.91. The molecule has 3 rings (SSSR count). The number of methoxy groups -OCH3 is 1. The van der Waals surface area contributed by atoms with Gasteiger partial charge in [-0.1, -0.05) is 24.3 Å². The average molecular weight is 367 g/mol. The fourth-order valence-corrected chi connectivity index (χ4v) is 2.91. The number of aromatic nitrogens is 2. The van der Waals surface area contributed by atoms with E-state index in [-0.39, 0.29) is 18.1 Å². The van der Waals surface area contributed by atoms with Crippen LogP contribution in [0.4, 0.5) is 10.1 Å². The van der Waals surface area contributed by atoms with Gasteiger partial charge in [0.15, 0.2) is 0 Å². The summed E-state index contributed by atoms with van der Waals surface area (Å²) < 4.78 is 20.0. The predicted octanol–water partition coefficient (Wildman–Crippen LogP) is 3.88. The molecule has 2 aromatic carbocycles. The van der Waals surface area contributed by atoms with Crippen LogP contribution in [0.25, 0.3) is 0 Å². The van der Waals surface area contributed by atoms with Crippen molar-refractivity contribution in [3.63, 3.8) is 0 Å². The van der Waals surface area contributed by atoms with Crippen LogP contribution in [0.5, 0.6) is 5.75 Å². The van der Waals surface area contributed by atoms with E-state index in [2.05, 4.69) is 10.4 Å². The third-order valence-electron chi connectivity index (χ3n) is 4.42. The molecule has 1 aromatic heterocycles. The number of hydrogen-bond donors (Lipinski definition) is 1. The molecule has 0 aliphatic carbocycles. The largest absolute Gasteiger partial charge is 0.497 e. The van der Waals surface area contributed by atoms with Crippen LogP contribution in [0.15, 0.2) is 48.5 Å². The van der Waals surface area contributed by atoms with E-state index in [9.17, 15) is 9.18 Å². The Morgan fingerprint density at radius 2 is 1.70 bits per heavy atom. The van der Waals surface area contributed by atoms with Crippen molar-refractivity contribution in [3.05, 3.63) is 76.9 Å². The normalized spacial score (nSPS) is 10.7. The van der Waals surface area contributed by atoms with E-state index in [4.69, 9.17) is 4.74 Å². The second-order valence-electron chi connectivity index (χ2n) is 6.40. The van der Waals surface area contributed by atoms with Gasteiger partial charge in [0.25, 0.3) is 0 Å². The van der Waals surface area contributed by atoms with Crippen molar-refractivity contribution in [2.75, 3.05) is 12.4 Å². The smallest absolute Gasteiger partial charge is 0.228 e. The van der Waals surface area contributed by atoms with E-state index in [1.807, 2.05) is 42.8 Å². The van der Waals surface area contributed by atoms with Gasteiger partial charge in [-0.2, -0.15) is 5.10 Å². The van der Waals surface area contributed by atoms with E-state index in [0.717, 1.165) is 34.0 Å². The second kappa shape index (κ2) is 8.03. The molecule has 1 N–H and O–H groups in total. The van der Waals surface area contributed by atoms with Crippen molar-refractivity contribution in [1.29, 1.82) is 0 Å². The van der Waals surface area contributed by atoms with Crippen molar-refractivity contribution < 1.29 is 13.9 Å². The lowest BCUT2D eigenvalue weighted by atomic mass is 10.1. The summed E-state index contributed by atoms with van der Waals surface area (Å²) in [5, 5.41) is 7.46. The number of carbonyl (C=O) groups excluding carboxylic acids is 1. The van der Waals surface area contributed by atoms with Crippen molar-refractivity contribution in [2.24, 2.45) is 0 Å². The molecule has 1 heterocycles. The first-order valence-corrected chi connectivity index (χ1v) is 8.67. The quantitative estimate of drug-likeness (QED) is 0.719. The van der Waals surface area contributed by atoms with E-state index in [1.54, 1.807) is 19.2 Å². The number of halogens is 1. The van der Waals surface area contributed by atoms with Crippen LogP contribution >= 0.6 is 0 Å². The molecular weight excluding hydrogens is 345 g/mol. The van der Waals surface area contributed by atoms with Crippen LogP contribution in [0.1, 0.15) is 22.5 Å². The monoisotopic (exact) mass is 367 g/mol. The van der Waals surface area contributed by atoms with Gasteiger partial charge in [0.05, 0.1) is 37.2 Å². The van der Waals surface area contributed by atoms with Crippen LogP contribution in [-0.4, -0.2) is 22.8 Å². The number of anilines is 1. The summed E-state index contributed by atoms with van der Waals surface area (Å²) in [7, 11) is 1.61. The number of hydrogen-bond acceptors (Lipinski definition) is 3.